The third kappa shape index (κ3) is 4.28. The molecule has 0 bridgehead atoms. The third-order valence-corrected chi connectivity index (χ3v) is 3.79. The van der Waals surface area contributed by atoms with Crippen LogP contribution in [-0.4, -0.2) is 32.5 Å². The topological polar surface area (TPSA) is 82.8 Å². The number of benzene rings is 1. The van der Waals surface area contributed by atoms with Gasteiger partial charge >= 0.3 is 6.09 Å². The summed E-state index contributed by atoms with van der Waals surface area (Å²) in [4.78, 5) is 12.1. The maximum absolute atomic E-state index is 12.1. The van der Waals surface area contributed by atoms with Crippen molar-refractivity contribution < 1.29 is 19.0 Å². The Kier molecular flexibility index (Phi) is 5.04. The highest BCUT2D eigenvalue weighted by Gasteiger charge is 2.38. The second-order valence-electron chi connectivity index (χ2n) is 6.77. The summed E-state index contributed by atoms with van der Waals surface area (Å²) in [5.41, 5.74) is 6.79. The number of rotatable bonds is 5. The first kappa shape index (κ1) is 17.4. The maximum atomic E-state index is 12.1. The summed E-state index contributed by atoms with van der Waals surface area (Å²) in [5.74, 6) is 1.95. The predicted molar refractivity (Wildman–Crippen MR) is 89.3 cm³/mol. The van der Waals surface area contributed by atoms with Gasteiger partial charge in [0.05, 0.1) is 19.9 Å². The third-order valence-electron chi connectivity index (χ3n) is 3.79. The first-order valence-corrected chi connectivity index (χ1v) is 7.75. The zero-order valence-electron chi connectivity index (χ0n) is 14.4. The lowest BCUT2D eigenvalue weighted by Gasteiger charge is -2.21. The van der Waals surface area contributed by atoms with E-state index in [0.717, 1.165) is 12.0 Å². The molecule has 1 saturated carbocycles. The standard InChI is InChI=1S/C17H26N2O4/c1-17(2,3)23-16(20)19-13-7-10(12-6-11(12)9-18)8-14(21-4)15(13)22-5/h7-8,11-12H,6,9,18H2,1-5H3,(H,19,20)/t11-,12-/m0/s1. The van der Waals surface area contributed by atoms with Crippen LogP contribution in [0.3, 0.4) is 0 Å². The molecule has 6 nitrogen and oxygen atoms in total. The number of amides is 1. The highest BCUT2D eigenvalue weighted by Crippen LogP contribution is 2.50. The molecule has 1 aliphatic rings. The van der Waals surface area contributed by atoms with E-state index in [-0.39, 0.29) is 0 Å². The predicted octanol–water partition coefficient (Wildman–Crippen LogP) is 3.11. The van der Waals surface area contributed by atoms with Gasteiger partial charge in [0.15, 0.2) is 11.5 Å². The molecule has 6 heteroatoms. The number of hydrogen-bond donors (Lipinski definition) is 2. The van der Waals surface area contributed by atoms with E-state index >= 15 is 0 Å². The second-order valence-corrected chi connectivity index (χ2v) is 6.77. The van der Waals surface area contributed by atoms with Crippen LogP contribution in [0.2, 0.25) is 0 Å². The van der Waals surface area contributed by atoms with Crippen LogP contribution in [-0.2, 0) is 4.74 Å². The SMILES string of the molecule is COc1cc([C@@H]2C[C@H]2CN)cc(NC(=O)OC(C)(C)C)c1OC. The molecule has 0 aliphatic heterocycles. The van der Waals surface area contributed by atoms with E-state index in [4.69, 9.17) is 19.9 Å². The van der Waals surface area contributed by atoms with Gasteiger partial charge in [-0.1, -0.05) is 0 Å². The Morgan fingerprint density at radius 1 is 1.30 bits per heavy atom. The summed E-state index contributed by atoms with van der Waals surface area (Å²) >= 11 is 0. The summed E-state index contributed by atoms with van der Waals surface area (Å²) in [6, 6.07) is 3.85. The summed E-state index contributed by atoms with van der Waals surface area (Å²) in [6.45, 7) is 6.11. The fraction of sp³-hybridized carbons (Fsp3) is 0.588. The minimum absolute atomic E-state index is 0.402. The monoisotopic (exact) mass is 322 g/mol. The van der Waals surface area contributed by atoms with Crippen molar-refractivity contribution in [3.63, 3.8) is 0 Å². The fourth-order valence-electron chi connectivity index (χ4n) is 2.62. The van der Waals surface area contributed by atoms with Crippen LogP contribution in [0, 0.1) is 5.92 Å². The molecule has 23 heavy (non-hydrogen) atoms. The molecule has 0 unspecified atom stereocenters. The van der Waals surface area contributed by atoms with E-state index < -0.39 is 11.7 Å². The molecule has 1 aromatic carbocycles. The lowest BCUT2D eigenvalue weighted by atomic mass is 10.1. The molecule has 1 fully saturated rings. The Morgan fingerprint density at radius 2 is 2.00 bits per heavy atom. The van der Waals surface area contributed by atoms with Crippen molar-refractivity contribution in [2.45, 2.75) is 38.7 Å². The van der Waals surface area contributed by atoms with Gasteiger partial charge in [-0.3, -0.25) is 5.32 Å². The molecule has 0 aromatic heterocycles. The van der Waals surface area contributed by atoms with E-state index in [1.54, 1.807) is 7.11 Å². The quantitative estimate of drug-likeness (QED) is 0.870. The second kappa shape index (κ2) is 6.66. The zero-order valence-corrected chi connectivity index (χ0v) is 14.4. The maximum Gasteiger partial charge on any atom is 0.412 e. The largest absolute Gasteiger partial charge is 0.493 e. The van der Waals surface area contributed by atoms with Crippen molar-refractivity contribution >= 4 is 11.8 Å². The van der Waals surface area contributed by atoms with E-state index in [9.17, 15) is 4.79 Å². The molecular weight excluding hydrogens is 296 g/mol. The normalized spacial score (nSPS) is 19.9. The van der Waals surface area contributed by atoms with Crippen molar-refractivity contribution in [2.75, 3.05) is 26.1 Å². The summed E-state index contributed by atoms with van der Waals surface area (Å²) in [5, 5.41) is 2.75. The number of nitrogens with two attached hydrogens (primary N) is 1. The Hall–Kier alpha value is -1.95. The van der Waals surface area contributed by atoms with Gasteiger partial charge in [0.2, 0.25) is 0 Å². The Labute approximate surface area is 137 Å². The van der Waals surface area contributed by atoms with Crippen molar-refractivity contribution in [3.8, 4) is 11.5 Å². The summed E-state index contributed by atoms with van der Waals surface area (Å²) < 4.78 is 16.1. The van der Waals surface area contributed by atoms with Gasteiger partial charge in [0, 0.05) is 0 Å². The molecule has 1 amide bonds. The zero-order chi connectivity index (χ0) is 17.2. The van der Waals surface area contributed by atoms with E-state index in [0.29, 0.717) is 35.6 Å². The smallest absolute Gasteiger partial charge is 0.412 e. The number of methoxy groups -OCH3 is 2. The minimum atomic E-state index is -0.569. The van der Waals surface area contributed by atoms with Gasteiger partial charge in [-0.25, -0.2) is 4.79 Å². The van der Waals surface area contributed by atoms with Crippen LogP contribution < -0.4 is 20.5 Å². The van der Waals surface area contributed by atoms with Gasteiger partial charge in [-0.05, 0) is 63.3 Å². The average molecular weight is 322 g/mol. The molecule has 0 saturated heterocycles. The average Bonchev–Trinajstić information content (AvgIpc) is 3.23. The molecule has 128 valence electrons. The van der Waals surface area contributed by atoms with Gasteiger partial charge in [0.25, 0.3) is 0 Å². The van der Waals surface area contributed by atoms with E-state index in [1.165, 1.54) is 7.11 Å². The molecule has 3 N–H and O–H groups in total. The van der Waals surface area contributed by atoms with Crippen LogP contribution in [0.5, 0.6) is 11.5 Å². The molecule has 2 atom stereocenters. The van der Waals surface area contributed by atoms with Crippen LogP contribution in [0.25, 0.3) is 0 Å². The molecule has 1 aromatic rings. The van der Waals surface area contributed by atoms with Crippen molar-refractivity contribution in [1.29, 1.82) is 0 Å². The molecule has 2 rings (SSSR count). The Balaban J connectivity index is 2.28. The number of hydrogen-bond acceptors (Lipinski definition) is 5. The van der Waals surface area contributed by atoms with Crippen molar-refractivity contribution in [2.24, 2.45) is 11.7 Å². The molecule has 1 aliphatic carbocycles. The van der Waals surface area contributed by atoms with Gasteiger partial charge in [-0.2, -0.15) is 0 Å². The van der Waals surface area contributed by atoms with Gasteiger partial charge < -0.3 is 19.9 Å². The van der Waals surface area contributed by atoms with E-state index in [1.807, 2.05) is 32.9 Å². The number of carbonyl (C=O) groups excluding carboxylic acids is 1. The molecule has 0 radical (unpaired) electrons. The number of anilines is 1. The van der Waals surface area contributed by atoms with Gasteiger partial charge in [-0.15, -0.1) is 0 Å². The van der Waals surface area contributed by atoms with Crippen LogP contribution >= 0.6 is 0 Å². The van der Waals surface area contributed by atoms with Crippen molar-refractivity contribution in [3.05, 3.63) is 17.7 Å². The molecule has 0 heterocycles. The van der Waals surface area contributed by atoms with Crippen LogP contribution in [0.15, 0.2) is 12.1 Å². The number of nitrogens with one attached hydrogen (secondary N) is 1. The summed E-state index contributed by atoms with van der Waals surface area (Å²) in [7, 11) is 3.11. The molecule has 0 spiro atoms. The minimum Gasteiger partial charge on any atom is -0.493 e. The van der Waals surface area contributed by atoms with Gasteiger partial charge in [0.1, 0.15) is 5.60 Å². The fourth-order valence-corrected chi connectivity index (χ4v) is 2.62. The van der Waals surface area contributed by atoms with Crippen molar-refractivity contribution in [1.82, 2.24) is 0 Å². The first-order valence-electron chi connectivity index (χ1n) is 7.75. The van der Waals surface area contributed by atoms with Crippen LogP contribution in [0.4, 0.5) is 10.5 Å². The highest BCUT2D eigenvalue weighted by molar-refractivity contribution is 5.88. The lowest BCUT2D eigenvalue weighted by Crippen LogP contribution is -2.27. The lowest BCUT2D eigenvalue weighted by molar-refractivity contribution is 0.0635. The first-order chi connectivity index (χ1) is 10.8. The number of ether oxygens (including phenoxy) is 3. The Morgan fingerprint density at radius 3 is 2.48 bits per heavy atom. The molecular formula is C17H26N2O4. The van der Waals surface area contributed by atoms with E-state index in [2.05, 4.69) is 5.32 Å². The highest BCUT2D eigenvalue weighted by atomic mass is 16.6. The Bertz CT molecular complexity index is 581. The number of carbonyl (C=O) groups is 1. The summed E-state index contributed by atoms with van der Waals surface area (Å²) in [6.07, 6.45) is 0.527. The van der Waals surface area contributed by atoms with Crippen LogP contribution in [0.1, 0.15) is 38.7 Å².